The van der Waals surface area contributed by atoms with Crippen LogP contribution in [0.4, 0.5) is 4.79 Å². The molecule has 6 atom stereocenters. The molecule has 0 unspecified atom stereocenters. The molecule has 0 spiro atoms. The maximum absolute atomic E-state index is 13.7. The van der Waals surface area contributed by atoms with Crippen molar-refractivity contribution in [2.45, 2.75) is 65.0 Å². The van der Waals surface area contributed by atoms with Gasteiger partial charge in [-0.3, -0.25) is 14.4 Å². The zero-order valence-corrected chi connectivity index (χ0v) is 27.0. The van der Waals surface area contributed by atoms with Crippen molar-refractivity contribution in [3.8, 4) is 0 Å². The Kier molecular flexibility index (Phi) is 14.2. The minimum atomic E-state index is -0.997. The summed E-state index contributed by atoms with van der Waals surface area (Å²) in [7, 11) is 6.74. The van der Waals surface area contributed by atoms with E-state index in [9.17, 15) is 24.3 Å². The fraction of sp³-hybridized carbons (Fsp3) is 0.562. The van der Waals surface area contributed by atoms with Crippen LogP contribution in [0.2, 0.25) is 0 Å². The number of rotatable bonds is 7. The number of aliphatic hydroxyl groups is 1. The highest BCUT2D eigenvalue weighted by atomic mass is 16.6. The molecule has 244 valence electrons. The lowest BCUT2D eigenvalue weighted by Crippen LogP contribution is -2.38. The smallest absolute Gasteiger partial charge is 0.405 e. The van der Waals surface area contributed by atoms with Crippen LogP contribution in [-0.2, 0) is 28.6 Å². The summed E-state index contributed by atoms with van der Waals surface area (Å²) in [5.41, 5.74) is 6.55. The summed E-state index contributed by atoms with van der Waals surface area (Å²) in [6.45, 7) is 8.09. The van der Waals surface area contributed by atoms with Gasteiger partial charge in [0.2, 0.25) is 11.6 Å². The molecule has 2 aliphatic rings. The van der Waals surface area contributed by atoms with Crippen molar-refractivity contribution in [3.63, 3.8) is 0 Å². The first-order valence-electron chi connectivity index (χ1n) is 14.7. The molecule has 1 aliphatic heterocycles. The molecule has 5 N–H and O–H groups in total. The summed E-state index contributed by atoms with van der Waals surface area (Å²) >= 11 is 0. The second-order valence-electron chi connectivity index (χ2n) is 11.7. The first-order chi connectivity index (χ1) is 20.7. The van der Waals surface area contributed by atoms with Gasteiger partial charge in [0, 0.05) is 50.4 Å². The van der Waals surface area contributed by atoms with E-state index in [2.05, 4.69) is 10.6 Å². The Balaban J connectivity index is 2.60. The number of nitrogens with two attached hydrogens (primary N) is 1. The largest absolute Gasteiger partial charge is 0.439 e. The number of methoxy groups -OCH3 is 2. The van der Waals surface area contributed by atoms with Crippen molar-refractivity contribution in [1.29, 1.82) is 0 Å². The van der Waals surface area contributed by atoms with Gasteiger partial charge in [0.1, 0.15) is 6.10 Å². The number of hydrogen-bond acceptors (Lipinski definition) is 10. The van der Waals surface area contributed by atoms with Crippen molar-refractivity contribution >= 4 is 23.6 Å². The van der Waals surface area contributed by atoms with Crippen molar-refractivity contribution in [2.24, 2.45) is 17.6 Å². The van der Waals surface area contributed by atoms with Gasteiger partial charge in [0.25, 0.3) is 5.91 Å². The molecule has 0 aromatic rings. The zero-order valence-electron chi connectivity index (χ0n) is 27.0. The summed E-state index contributed by atoms with van der Waals surface area (Å²) in [4.78, 5) is 53.7. The molecule has 0 saturated carbocycles. The van der Waals surface area contributed by atoms with Gasteiger partial charge >= 0.3 is 6.09 Å². The zero-order chi connectivity index (χ0) is 33.1. The molecule has 1 aliphatic carbocycles. The highest BCUT2D eigenvalue weighted by molar-refractivity contribution is 6.23. The summed E-state index contributed by atoms with van der Waals surface area (Å²) in [6, 6.07) is 0. The third-order valence-corrected chi connectivity index (χ3v) is 7.65. The fourth-order valence-corrected chi connectivity index (χ4v) is 5.18. The van der Waals surface area contributed by atoms with Gasteiger partial charge in [-0.25, -0.2) is 4.79 Å². The SMILES string of the molecule is CO[C@H]1/C=C\C=C(/C)C(=O)NC2=CC(=O)C(NCCN(C)C)=C(C[C@@H](C)C[C@H](OC)[C@@H](O)[C@@H](C)/C=C(\C)[C@@H]1OC(N)=O)C2=O. The van der Waals surface area contributed by atoms with Crippen LogP contribution < -0.4 is 16.4 Å². The number of amides is 2. The average Bonchev–Trinajstić information content (AvgIpc) is 2.95. The Labute approximate surface area is 260 Å². The number of fused-ring (bicyclic) bond motifs is 2. The number of primary amides is 1. The number of hydrogen-bond donors (Lipinski definition) is 4. The second-order valence-corrected chi connectivity index (χ2v) is 11.7. The Morgan fingerprint density at radius 2 is 1.84 bits per heavy atom. The van der Waals surface area contributed by atoms with Crippen LogP contribution in [0.5, 0.6) is 0 Å². The summed E-state index contributed by atoms with van der Waals surface area (Å²) < 4.78 is 16.6. The number of nitrogens with one attached hydrogen (secondary N) is 2. The molecule has 1 heterocycles. The lowest BCUT2D eigenvalue weighted by Gasteiger charge is -2.30. The average molecular weight is 617 g/mol. The van der Waals surface area contributed by atoms with E-state index in [4.69, 9.17) is 19.9 Å². The second kappa shape index (κ2) is 17.0. The molecule has 0 saturated heterocycles. The third-order valence-electron chi connectivity index (χ3n) is 7.65. The van der Waals surface area contributed by atoms with Crippen LogP contribution in [0.15, 0.2) is 58.5 Å². The lowest BCUT2D eigenvalue weighted by atomic mass is 9.85. The molecule has 12 nitrogen and oxygen atoms in total. The topological polar surface area (TPSA) is 170 Å². The van der Waals surface area contributed by atoms with Crippen LogP contribution >= 0.6 is 0 Å². The van der Waals surface area contributed by atoms with Crippen LogP contribution in [0.3, 0.4) is 0 Å². The number of Topliss-reactive ketones (excluding diaryl/α,β-unsaturated/α-hetero) is 1. The molecule has 0 radical (unpaired) electrons. The minimum absolute atomic E-state index is 0.114. The molecule has 2 rings (SSSR count). The Bertz CT molecular complexity index is 1230. The van der Waals surface area contributed by atoms with E-state index in [-0.39, 0.29) is 34.9 Å². The van der Waals surface area contributed by atoms with E-state index >= 15 is 0 Å². The van der Waals surface area contributed by atoms with E-state index in [0.717, 1.165) is 6.08 Å². The van der Waals surface area contributed by atoms with Gasteiger partial charge in [0.15, 0.2) is 6.10 Å². The predicted molar refractivity (Wildman–Crippen MR) is 166 cm³/mol. The van der Waals surface area contributed by atoms with Gasteiger partial charge in [-0.15, -0.1) is 0 Å². The maximum atomic E-state index is 13.7. The molecular weight excluding hydrogens is 568 g/mol. The van der Waals surface area contributed by atoms with Crippen LogP contribution in [-0.4, -0.2) is 99.4 Å². The number of carbonyl (C=O) groups excluding carboxylic acids is 4. The number of carbonyl (C=O) groups is 4. The number of ether oxygens (including phenoxy) is 3. The molecule has 12 heteroatoms. The van der Waals surface area contributed by atoms with Gasteiger partial charge in [-0.1, -0.05) is 38.2 Å². The molecule has 0 aromatic heterocycles. The standard InChI is InChI=1S/C32H48N4O8/c1-18-14-22-27(34-12-13-36(5)6)24(37)17-23(29(22)39)35-31(40)19(2)10-9-11-25(42-7)30(44-32(33)41)21(4)16-20(3)28(38)26(15-18)43-8/h9-11,16-18,20,25-26,28,30,34,38H,12-15H2,1-8H3,(H2,33,41)(H,35,40)/b11-9-,19-10+,21-16+/t18-,20+,25+,26+,28+,30+/m1/s1. The van der Waals surface area contributed by atoms with Crippen molar-refractivity contribution in [1.82, 2.24) is 15.5 Å². The Morgan fingerprint density at radius 1 is 1.16 bits per heavy atom. The first kappa shape index (κ1) is 36.6. The minimum Gasteiger partial charge on any atom is -0.439 e. The Morgan fingerprint density at radius 3 is 2.43 bits per heavy atom. The highest BCUT2D eigenvalue weighted by Gasteiger charge is 2.33. The quantitative estimate of drug-likeness (QED) is 0.245. The molecule has 2 bridgehead atoms. The number of aliphatic hydroxyl groups excluding tert-OH is 1. The number of ketones is 2. The molecule has 0 aromatic carbocycles. The maximum Gasteiger partial charge on any atom is 0.405 e. The van der Waals surface area contributed by atoms with E-state index in [1.807, 2.05) is 32.8 Å². The molecule has 44 heavy (non-hydrogen) atoms. The van der Waals surface area contributed by atoms with Gasteiger partial charge in [-0.05, 0) is 52.3 Å². The monoisotopic (exact) mass is 616 g/mol. The fourth-order valence-electron chi connectivity index (χ4n) is 5.18. The van der Waals surface area contributed by atoms with Gasteiger partial charge in [0.05, 0.1) is 23.6 Å². The third kappa shape index (κ3) is 10.3. The first-order valence-corrected chi connectivity index (χ1v) is 14.7. The lowest BCUT2D eigenvalue weighted by molar-refractivity contribution is -0.120. The normalized spacial score (nSPS) is 31.0. The number of likely N-dealkylation sites (N-methyl/N-ethyl adjacent to an activating group) is 1. The molecule has 0 fully saturated rings. The van der Waals surface area contributed by atoms with Crippen LogP contribution in [0, 0.1) is 11.8 Å². The summed E-state index contributed by atoms with van der Waals surface area (Å²) in [5, 5.41) is 17.0. The predicted octanol–water partition coefficient (Wildman–Crippen LogP) is 1.91. The van der Waals surface area contributed by atoms with Gasteiger partial charge in [-0.2, -0.15) is 0 Å². The van der Waals surface area contributed by atoms with Crippen molar-refractivity contribution in [2.75, 3.05) is 41.4 Å². The Hall–Kier alpha value is -3.58. The number of allylic oxidation sites excluding steroid dienone is 4. The van der Waals surface area contributed by atoms with E-state index < -0.39 is 53.9 Å². The van der Waals surface area contributed by atoms with Crippen LogP contribution in [0.25, 0.3) is 0 Å². The van der Waals surface area contributed by atoms with E-state index in [1.165, 1.54) is 20.3 Å². The summed E-state index contributed by atoms with van der Waals surface area (Å²) in [5.74, 6) is -2.06. The van der Waals surface area contributed by atoms with Crippen LogP contribution in [0.1, 0.15) is 40.5 Å². The molecule has 2 amide bonds. The van der Waals surface area contributed by atoms with Crippen molar-refractivity contribution in [3.05, 3.63) is 58.5 Å². The summed E-state index contributed by atoms with van der Waals surface area (Å²) in [6.07, 6.45) is 3.88. The highest BCUT2D eigenvalue weighted by Crippen LogP contribution is 2.28. The van der Waals surface area contributed by atoms with E-state index in [1.54, 1.807) is 32.1 Å². The molecular formula is C32H48N4O8. The van der Waals surface area contributed by atoms with Crippen molar-refractivity contribution < 1.29 is 38.5 Å². The number of nitrogens with zero attached hydrogens (tertiary/aromatic N) is 1. The van der Waals surface area contributed by atoms with Gasteiger partial charge < -0.3 is 40.6 Å². The van der Waals surface area contributed by atoms with E-state index in [0.29, 0.717) is 25.1 Å².